The minimum Gasteiger partial charge on any atom is -0.381 e. The Hall–Kier alpha value is -1.08. The highest BCUT2D eigenvalue weighted by Gasteiger charge is 2.46. The summed E-state index contributed by atoms with van der Waals surface area (Å²) in [6.45, 7) is 4.01. The molecule has 0 N–H and O–H groups in total. The van der Waals surface area contributed by atoms with Crippen molar-refractivity contribution in [1.29, 1.82) is 5.26 Å². The van der Waals surface area contributed by atoms with Crippen molar-refractivity contribution in [2.24, 2.45) is 5.41 Å². The summed E-state index contributed by atoms with van der Waals surface area (Å²) in [6, 6.07) is 2.69. The smallest absolute Gasteiger partial charge is 0.243 e. The maximum absolute atomic E-state index is 12.7. The summed E-state index contributed by atoms with van der Waals surface area (Å²) in [4.78, 5) is 14.7. The van der Waals surface area contributed by atoms with Crippen LogP contribution >= 0.6 is 0 Å². The van der Waals surface area contributed by atoms with E-state index in [2.05, 4.69) is 13.0 Å². The molecule has 1 aliphatic heterocycles. The minimum atomic E-state index is -0.811. The first-order valence-corrected chi connectivity index (χ1v) is 7.03. The number of nitrogens with zero attached hydrogens (tertiary/aromatic N) is 2. The molecule has 18 heavy (non-hydrogen) atoms. The number of hydrogen-bond acceptors (Lipinski definition) is 3. The Morgan fingerprint density at radius 3 is 2.61 bits per heavy atom. The van der Waals surface area contributed by atoms with Gasteiger partial charge in [-0.1, -0.05) is 13.3 Å². The van der Waals surface area contributed by atoms with Crippen LogP contribution in [0.1, 0.15) is 45.4 Å². The lowest BCUT2D eigenvalue weighted by Gasteiger charge is -2.35. The lowest BCUT2D eigenvalue weighted by atomic mass is 9.80. The molecule has 4 nitrogen and oxygen atoms in total. The predicted octanol–water partition coefficient (Wildman–Crippen LogP) is 2.10. The van der Waals surface area contributed by atoms with E-state index in [1.807, 2.05) is 4.90 Å². The van der Waals surface area contributed by atoms with E-state index < -0.39 is 5.41 Å². The predicted molar refractivity (Wildman–Crippen MR) is 67.7 cm³/mol. The van der Waals surface area contributed by atoms with Crippen LogP contribution < -0.4 is 0 Å². The number of rotatable bonds is 5. The number of carbonyl (C=O) groups excluding carboxylic acids is 1. The summed E-state index contributed by atoms with van der Waals surface area (Å²) in [5, 5.41) is 9.44. The third kappa shape index (κ3) is 2.67. The molecule has 0 bridgehead atoms. The Labute approximate surface area is 109 Å². The molecule has 0 radical (unpaired) electrons. The first-order chi connectivity index (χ1) is 8.73. The molecule has 1 saturated heterocycles. The van der Waals surface area contributed by atoms with Gasteiger partial charge in [-0.25, -0.2) is 0 Å². The molecule has 0 aromatic carbocycles. The third-order valence-electron chi connectivity index (χ3n) is 3.97. The van der Waals surface area contributed by atoms with Gasteiger partial charge in [0, 0.05) is 25.8 Å². The summed E-state index contributed by atoms with van der Waals surface area (Å²) in [5.74, 6) is 0.0595. The molecule has 1 heterocycles. The maximum Gasteiger partial charge on any atom is 0.243 e. The van der Waals surface area contributed by atoms with Crippen molar-refractivity contribution in [3.63, 3.8) is 0 Å². The number of hydrogen-bond donors (Lipinski definition) is 0. The number of ether oxygens (including phenoxy) is 1. The first-order valence-electron chi connectivity index (χ1n) is 7.03. The van der Waals surface area contributed by atoms with Crippen molar-refractivity contribution in [1.82, 2.24) is 4.90 Å². The number of amides is 1. The van der Waals surface area contributed by atoms with Crippen molar-refractivity contribution in [3.8, 4) is 6.07 Å². The van der Waals surface area contributed by atoms with Gasteiger partial charge in [0.2, 0.25) is 5.91 Å². The third-order valence-corrected chi connectivity index (χ3v) is 3.97. The fraction of sp³-hybridized carbons (Fsp3) is 0.857. The molecule has 1 aliphatic carbocycles. The maximum atomic E-state index is 12.7. The van der Waals surface area contributed by atoms with Crippen LogP contribution in [0.4, 0.5) is 0 Å². The minimum absolute atomic E-state index is 0.0595. The number of unbranched alkanes of at least 4 members (excludes halogenated alkanes) is 1. The van der Waals surface area contributed by atoms with Crippen LogP contribution in [0.2, 0.25) is 0 Å². The fourth-order valence-corrected chi connectivity index (χ4v) is 2.53. The SMILES string of the molecule is CCCCN(C(=O)C1(C#N)CCOCC1)C1CC1. The molecular weight excluding hydrogens is 228 g/mol. The van der Waals surface area contributed by atoms with Crippen LogP contribution in [0.15, 0.2) is 0 Å². The van der Waals surface area contributed by atoms with E-state index >= 15 is 0 Å². The average Bonchev–Trinajstić information content (AvgIpc) is 3.24. The highest BCUT2D eigenvalue weighted by atomic mass is 16.5. The van der Waals surface area contributed by atoms with E-state index in [1.54, 1.807) is 0 Å². The summed E-state index contributed by atoms with van der Waals surface area (Å²) < 4.78 is 5.29. The molecule has 2 fully saturated rings. The second kappa shape index (κ2) is 5.71. The first kappa shape index (κ1) is 13.4. The fourth-order valence-electron chi connectivity index (χ4n) is 2.53. The molecule has 2 rings (SSSR count). The molecule has 2 aliphatic rings. The van der Waals surface area contributed by atoms with Gasteiger partial charge in [-0.15, -0.1) is 0 Å². The molecule has 0 aromatic heterocycles. The van der Waals surface area contributed by atoms with Crippen LogP contribution in [0, 0.1) is 16.7 Å². The highest BCUT2D eigenvalue weighted by Crippen LogP contribution is 2.36. The van der Waals surface area contributed by atoms with Gasteiger partial charge in [0.25, 0.3) is 0 Å². The van der Waals surface area contributed by atoms with E-state index in [4.69, 9.17) is 4.74 Å². The van der Waals surface area contributed by atoms with E-state index in [9.17, 15) is 10.1 Å². The lowest BCUT2D eigenvalue weighted by Crippen LogP contribution is -2.47. The normalized spacial score (nSPS) is 22.2. The molecule has 0 aromatic rings. The second-order valence-electron chi connectivity index (χ2n) is 5.39. The zero-order chi connectivity index (χ0) is 13.0. The van der Waals surface area contributed by atoms with Gasteiger partial charge >= 0.3 is 0 Å². The lowest BCUT2D eigenvalue weighted by molar-refractivity contribution is -0.144. The molecule has 0 unspecified atom stereocenters. The van der Waals surface area contributed by atoms with Gasteiger partial charge in [-0.05, 0) is 32.1 Å². The standard InChI is InChI=1S/C14H22N2O2/c1-2-3-8-16(12-4-5-12)13(17)14(11-15)6-9-18-10-7-14/h12H,2-10H2,1H3. The van der Waals surface area contributed by atoms with Crippen molar-refractivity contribution in [2.75, 3.05) is 19.8 Å². The van der Waals surface area contributed by atoms with Crippen LogP contribution in [0.3, 0.4) is 0 Å². The van der Waals surface area contributed by atoms with Crippen molar-refractivity contribution in [3.05, 3.63) is 0 Å². The summed E-state index contributed by atoms with van der Waals surface area (Å²) in [7, 11) is 0. The van der Waals surface area contributed by atoms with Crippen LogP contribution in [-0.2, 0) is 9.53 Å². The zero-order valence-electron chi connectivity index (χ0n) is 11.2. The van der Waals surface area contributed by atoms with Crippen LogP contribution in [0.25, 0.3) is 0 Å². The average molecular weight is 250 g/mol. The molecule has 100 valence electrons. The van der Waals surface area contributed by atoms with Crippen molar-refractivity contribution in [2.45, 2.75) is 51.5 Å². The number of carbonyl (C=O) groups is 1. The van der Waals surface area contributed by atoms with Crippen molar-refractivity contribution >= 4 is 5.91 Å². The Balaban J connectivity index is 2.08. The van der Waals surface area contributed by atoms with E-state index in [1.165, 1.54) is 0 Å². The monoisotopic (exact) mass is 250 g/mol. The Kier molecular flexibility index (Phi) is 4.23. The molecule has 0 atom stereocenters. The molecular formula is C14H22N2O2. The summed E-state index contributed by atoms with van der Waals surface area (Å²) in [6.07, 6.45) is 5.43. The zero-order valence-corrected chi connectivity index (χ0v) is 11.2. The molecule has 1 amide bonds. The van der Waals surface area contributed by atoms with Gasteiger partial charge in [-0.2, -0.15) is 5.26 Å². The summed E-state index contributed by atoms with van der Waals surface area (Å²) in [5.41, 5.74) is -0.811. The Morgan fingerprint density at radius 2 is 2.11 bits per heavy atom. The largest absolute Gasteiger partial charge is 0.381 e. The van der Waals surface area contributed by atoms with Crippen LogP contribution in [-0.4, -0.2) is 36.6 Å². The van der Waals surface area contributed by atoms with Crippen molar-refractivity contribution < 1.29 is 9.53 Å². The van der Waals surface area contributed by atoms with Crippen LogP contribution in [0.5, 0.6) is 0 Å². The van der Waals surface area contributed by atoms with Gasteiger partial charge < -0.3 is 9.64 Å². The van der Waals surface area contributed by atoms with Gasteiger partial charge in [0.15, 0.2) is 0 Å². The topological polar surface area (TPSA) is 53.3 Å². The van der Waals surface area contributed by atoms with E-state index in [0.29, 0.717) is 32.1 Å². The van der Waals surface area contributed by atoms with Gasteiger partial charge in [0.1, 0.15) is 5.41 Å². The molecule has 1 saturated carbocycles. The van der Waals surface area contributed by atoms with Gasteiger partial charge in [0.05, 0.1) is 6.07 Å². The van der Waals surface area contributed by atoms with E-state index in [0.717, 1.165) is 32.2 Å². The van der Waals surface area contributed by atoms with E-state index in [-0.39, 0.29) is 5.91 Å². The Morgan fingerprint density at radius 1 is 1.44 bits per heavy atom. The Bertz CT molecular complexity index is 338. The highest BCUT2D eigenvalue weighted by molar-refractivity contribution is 5.86. The second-order valence-corrected chi connectivity index (χ2v) is 5.39. The quantitative estimate of drug-likeness (QED) is 0.750. The number of nitriles is 1. The summed E-state index contributed by atoms with van der Waals surface area (Å²) >= 11 is 0. The molecule has 0 spiro atoms. The molecule has 4 heteroatoms. The van der Waals surface area contributed by atoms with Gasteiger partial charge in [-0.3, -0.25) is 4.79 Å².